The Labute approximate surface area is 165 Å². The van der Waals surface area contributed by atoms with Gasteiger partial charge in [-0.3, -0.25) is 9.59 Å². The molecule has 1 aromatic rings. The van der Waals surface area contributed by atoms with E-state index in [1.807, 2.05) is 13.8 Å². The summed E-state index contributed by atoms with van der Waals surface area (Å²) in [5.74, 6) is 5.43. The molecule has 0 saturated heterocycles. The normalized spacial score (nSPS) is 10.0. The van der Waals surface area contributed by atoms with E-state index in [9.17, 15) is 9.59 Å². The molecule has 0 fully saturated rings. The minimum atomic E-state index is -0.604. The van der Waals surface area contributed by atoms with Crippen molar-refractivity contribution in [2.24, 2.45) is 5.41 Å². The quantitative estimate of drug-likeness (QED) is 0.581. The van der Waals surface area contributed by atoms with Gasteiger partial charge < -0.3 is 14.8 Å². The first-order chi connectivity index (χ1) is 12.7. The van der Waals surface area contributed by atoms with Crippen molar-refractivity contribution >= 4 is 29.0 Å². The molecule has 0 saturated carbocycles. The monoisotopic (exact) mass is 389 g/mol. The van der Waals surface area contributed by atoms with Gasteiger partial charge in [0.25, 0.3) is 0 Å². The van der Waals surface area contributed by atoms with Gasteiger partial charge in [0.15, 0.2) is 11.5 Å². The smallest absolute Gasteiger partial charge is 0.231 e. The first-order valence-corrected chi connectivity index (χ1v) is 9.02. The molecule has 5 nitrogen and oxygen atoms in total. The van der Waals surface area contributed by atoms with E-state index in [4.69, 9.17) is 21.1 Å². The first kappa shape index (κ1) is 22.4. The zero-order chi connectivity index (χ0) is 20.4. The molecule has 0 bridgehead atoms. The zero-order valence-electron chi connectivity index (χ0n) is 16.3. The number of nitrogens with one attached hydrogen (secondary N) is 1. The van der Waals surface area contributed by atoms with Gasteiger partial charge in [-0.25, -0.2) is 0 Å². The molecule has 0 aliphatic carbocycles. The highest BCUT2D eigenvalue weighted by molar-refractivity contribution is 6.32. The van der Waals surface area contributed by atoms with Gasteiger partial charge in [-0.2, -0.15) is 0 Å². The molecule has 0 heterocycles. The Hall–Kier alpha value is -2.63. The van der Waals surface area contributed by atoms with E-state index in [-0.39, 0.29) is 28.7 Å². The van der Waals surface area contributed by atoms with E-state index >= 15 is 0 Å². The van der Waals surface area contributed by atoms with Crippen LogP contribution in [-0.4, -0.2) is 11.7 Å². The first-order valence-electron chi connectivity index (χ1n) is 8.65. The summed E-state index contributed by atoms with van der Waals surface area (Å²) < 4.78 is 10.7. The highest BCUT2D eigenvalue weighted by Crippen LogP contribution is 2.36. The van der Waals surface area contributed by atoms with Crippen LogP contribution in [0.5, 0.6) is 11.5 Å². The van der Waals surface area contributed by atoms with Gasteiger partial charge in [0, 0.05) is 30.4 Å². The second-order valence-electron chi connectivity index (χ2n) is 6.65. The molecule has 0 aliphatic rings. The number of Topliss-reactive ketones (excluding diaryl/α,β-unsaturated/α-hetero) is 1. The van der Waals surface area contributed by atoms with Crippen molar-refractivity contribution in [3.8, 4) is 35.6 Å². The molecule has 27 heavy (non-hydrogen) atoms. The molecule has 0 unspecified atom stereocenters. The number of hydrogen-bond donors (Lipinski definition) is 1. The summed E-state index contributed by atoms with van der Waals surface area (Å²) in [6.45, 7) is 9.06. The van der Waals surface area contributed by atoms with E-state index in [1.54, 1.807) is 20.8 Å². The van der Waals surface area contributed by atoms with Crippen LogP contribution in [0.2, 0.25) is 5.02 Å². The third-order valence-corrected chi connectivity index (χ3v) is 3.58. The number of anilines is 1. The maximum Gasteiger partial charge on any atom is 0.231 e. The summed E-state index contributed by atoms with van der Waals surface area (Å²) in [5.41, 5.74) is -0.308. The summed E-state index contributed by atoms with van der Waals surface area (Å²) >= 11 is 6.19. The SMILES string of the molecule is CCC#COc1cc(NC(=O)CC(=O)C(C)(C)C)c(OC#CCC)cc1Cl. The molecular formula is C21H24ClNO4. The van der Waals surface area contributed by atoms with Gasteiger partial charge in [-0.1, -0.05) is 58.1 Å². The van der Waals surface area contributed by atoms with E-state index < -0.39 is 11.3 Å². The number of amides is 1. The Morgan fingerprint density at radius 3 is 2.11 bits per heavy atom. The van der Waals surface area contributed by atoms with Crippen molar-refractivity contribution in [3.63, 3.8) is 0 Å². The van der Waals surface area contributed by atoms with Crippen molar-refractivity contribution in [2.45, 2.75) is 53.9 Å². The predicted octanol–water partition coefficient (Wildman–Crippen LogP) is 4.78. The maximum absolute atomic E-state index is 12.3. The molecular weight excluding hydrogens is 366 g/mol. The Morgan fingerprint density at radius 1 is 1.04 bits per heavy atom. The average Bonchev–Trinajstić information content (AvgIpc) is 2.57. The summed E-state index contributed by atoms with van der Waals surface area (Å²) in [7, 11) is 0. The number of halogens is 1. The summed E-state index contributed by atoms with van der Waals surface area (Å²) in [4.78, 5) is 24.4. The van der Waals surface area contributed by atoms with Crippen molar-refractivity contribution < 1.29 is 19.1 Å². The third-order valence-electron chi connectivity index (χ3n) is 3.29. The lowest BCUT2D eigenvalue weighted by Crippen LogP contribution is -2.26. The van der Waals surface area contributed by atoms with Gasteiger partial charge in [0.1, 0.15) is 18.0 Å². The number of benzene rings is 1. The molecule has 0 aromatic heterocycles. The molecule has 1 amide bonds. The maximum atomic E-state index is 12.3. The van der Waals surface area contributed by atoms with Gasteiger partial charge in [-0.05, 0) is 0 Å². The molecule has 1 aromatic carbocycles. The van der Waals surface area contributed by atoms with Crippen LogP contribution in [0.15, 0.2) is 12.1 Å². The topological polar surface area (TPSA) is 64.6 Å². The second kappa shape index (κ2) is 10.5. The van der Waals surface area contributed by atoms with Crippen LogP contribution in [0.3, 0.4) is 0 Å². The molecule has 6 heteroatoms. The second-order valence-corrected chi connectivity index (χ2v) is 7.05. The van der Waals surface area contributed by atoms with Crippen LogP contribution in [0, 0.1) is 29.5 Å². The summed E-state index contributed by atoms with van der Waals surface area (Å²) in [6, 6.07) is 2.98. The van der Waals surface area contributed by atoms with Crippen LogP contribution in [0.25, 0.3) is 0 Å². The lowest BCUT2D eigenvalue weighted by atomic mass is 9.89. The van der Waals surface area contributed by atoms with E-state index in [0.717, 1.165) is 0 Å². The van der Waals surface area contributed by atoms with Gasteiger partial charge in [0.2, 0.25) is 5.91 Å². The van der Waals surface area contributed by atoms with Gasteiger partial charge >= 0.3 is 0 Å². The van der Waals surface area contributed by atoms with Crippen LogP contribution in [-0.2, 0) is 9.59 Å². The van der Waals surface area contributed by atoms with Crippen molar-refractivity contribution in [1.82, 2.24) is 0 Å². The summed E-state index contributed by atoms with van der Waals surface area (Å²) in [6.07, 6.45) is 6.05. The number of carbonyl (C=O) groups excluding carboxylic acids is 2. The molecule has 1 rings (SSSR count). The molecule has 0 aliphatic heterocycles. The Morgan fingerprint density at radius 2 is 1.59 bits per heavy atom. The largest absolute Gasteiger partial charge is 0.406 e. The molecule has 1 N–H and O–H groups in total. The average molecular weight is 390 g/mol. The van der Waals surface area contributed by atoms with Crippen molar-refractivity contribution in [1.29, 1.82) is 0 Å². The fourth-order valence-electron chi connectivity index (χ4n) is 1.73. The Balaban J connectivity index is 3.12. The molecule has 0 atom stereocenters. The van der Waals surface area contributed by atoms with Gasteiger partial charge in [0.05, 0.1) is 17.1 Å². The summed E-state index contributed by atoms with van der Waals surface area (Å²) in [5, 5.41) is 2.92. The minimum Gasteiger partial charge on any atom is -0.406 e. The molecule has 0 radical (unpaired) electrons. The molecule has 144 valence electrons. The number of carbonyl (C=O) groups is 2. The van der Waals surface area contributed by atoms with Crippen LogP contribution < -0.4 is 14.8 Å². The van der Waals surface area contributed by atoms with Gasteiger partial charge in [-0.15, -0.1) is 0 Å². The van der Waals surface area contributed by atoms with Crippen LogP contribution in [0.1, 0.15) is 53.9 Å². The highest BCUT2D eigenvalue weighted by Gasteiger charge is 2.24. The predicted molar refractivity (Wildman–Crippen MR) is 107 cm³/mol. The Bertz CT molecular complexity index is 817. The van der Waals surface area contributed by atoms with Crippen LogP contribution in [0.4, 0.5) is 5.69 Å². The standard InChI is InChI=1S/C21H24ClNO4/c1-6-8-10-26-17-13-16(18(12-15(17)22)27-11-9-7-2)23-20(25)14-19(24)21(3,4)5/h12-13H,6-7,14H2,1-5H3,(H,23,25). The number of rotatable bonds is 5. The Kier molecular flexibility index (Phi) is 8.72. The number of hydrogen-bond acceptors (Lipinski definition) is 4. The highest BCUT2D eigenvalue weighted by atomic mass is 35.5. The molecule has 0 spiro atoms. The van der Waals surface area contributed by atoms with E-state index in [2.05, 4.69) is 29.4 Å². The van der Waals surface area contributed by atoms with Crippen LogP contribution >= 0.6 is 11.6 Å². The third kappa shape index (κ3) is 7.64. The van der Waals surface area contributed by atoms with E-state index in [1.165, 1.54) is 12.1 Å². The fraction of sp³-hybridized carbons (Fsp3) is 0.429. The number of ketones is 1. The van der Waals surface area contributed by atoms with Crippen molar-refractivity contribution in [2.75, 3.05) is 5.32 Å². The lowest BCUT2D eigenvalue weighted by molar-refractivity contribution is -0.130. The zero-order valence-corrected chi connectivity index (χ0v) is 17.0. The van der Waals surface area contributed by atoms with Crippen molar-refractivity contribution in [3.05, 3.63) is 17.2 Å². The lowest BCUT2D eigenvalue weighted by Gasteiger charge is -2.16. The minimum absolute atomic E-state index is 0.174. The fourth-order valence-corrected chi connectivity index (χ4v) is 1.92. The van der Waals surface area contributed by atoms with E-state index in [0.29, 0.717) is 18.5 Å². The number of ether oxygens (including phenoxy) is 2.